The highest BCUT2D eigenvalue weighted by molar-refractivity contribution is 7.89. The molecule has 1 aliphatic rings. The number of hydrogen-bond donors (Lipinski definition) is 1. The van der Waals surface area contributed by atoms with Crippen LogP contribution >= 0.6 is 11.6 Å². The van der Waals surface area contributed by atoms with E-state index in [9.17, 15) is 8.42 Å². The van der Waals surface area contributed by atoms with E-state index in [0.717, 1.165) is 24.8 Å². The van der Waals surface area contributed by atoms with Gasteiger partial charge in [0.15, 0.2) is 0 Å². The molecule has 1 heterocycles. The highest BCUT2D eigenvalue weighted by Crippen LogP contribution is 2.27. The predicted molar refractivity (Wildman–Crippen MR) is 81.4 cm³/mol. The molecule has 1 fully saturated rings. The van der Waals surface area contributed by atoms with Crippen molar-refractivity contribution in [3.8, 4) is 0 Å². The fourth-order valence-electron chi connectivity index (χ4n) is 2.59. The van der Waals surface area contributed by atoms with Crippen LogP contribution in [0.15, 0.2) is 23.1 Å². The van der Waals surface area contributed by atoms with Gasteiger partial charge in [-0.15, -0.1) is 0 Å². The number of nitrogens with zero attached hydrogens (tertiary/aromatic N) is 1. The van der Waals surface area contributed by atoms with Gasteiger partial charge in [-0.05, 0) is 44.5 Å². The first kappa shape index (κ1) is 15.8. The summed E-state index contributed by atoms with van der Waals surface area (Å²) in [6, 6.07) is 5.05. The first-order chi connectivity index (χ1) is 9.46. The van der Waals surface area contributed by atoms with Crippen LogP contribution in [0.25, 0.3) is 0 Å². The molecule has 1 atom stereocenters. The number of hydrogen-bond acceptors (Lipinski definition) is 3. The molecule has 1 unspecified atom stereocenters. The van der Waals surface area contributed by atoms with Crippen LogP contribution in [0, 0.1) is 0 Å². The van der Waals surface area contributed by atoms with E-state index in [4.69, 9.17) is 11.6 Å². The summed E-state index contributed by atoms with van der Waals surface area (Å²) >= 11 is 6.17. The lowest BCUT2D eigenvalue weighted by Gasteiger charge is -2.32. The van der Waals surface area contributed by atoms with Gasteiger partial charge in [-0.2, -0.15) is 4.31 Å². The molecule has 0 amide bonds. The van der Waals surface area contributed by atoms with Gasteiger partial charge in [-0.25, -0.2) is 8.42 Å². The molecule has 0 radical (unpaired) electrons. The fourth-order valence-corrected chi connectivity index (χ4v) is 4.62. The lowest BCUT2D eigenvalue weighted by molar-refractivity contribution is 0.268. The Bertz CT molecular complexity index is 575. The molecule has 0 bridgehead atoms. The van der Waals surface area contributed by atoms with E-state index in [2.05, 4.69) is 5.32 Å². The van der Waals surface area contributed by atoms with E-state index in [1.165, 1.54) is 0 Å². The highest BCUT2D eigenvalue weighted by Gasteiger charge is 2.31. The molecule has 112 valence electrons. The molecule has 1 aromatic rings. The number of benzene rings is 1. The van der Waals surface area contributed by atoms with E-state index in [-0.39, 0.29) is 10.9 Å². The van der Waals surface area contributed by atoms with E-state index >= 15 is 0 Å². The summed E-state index contributed by atoms with van der Waals surface area (Å²) in [6.45, 7) is 3.19. The van der Waals surface area contributed by atoms with E-state index < -0.39 is 10.0 Å². The second-order valence-electron chi connectivity index (χ2n) is 5.24. The second-order valence-corrected chi connectivity index (χ2v) is 7.54. The first-order valence-electron chi connectivity index (χ1n) is 6.91. The molecule has 1 aliphatic heterocycles. The lowest BCUT2D eigenvalue weighted by Crippen LogP contribution is -2.41. The van der Waals surface area contributed by atoms with Crippen molar-refractivity contribution in [2.24, 2.45) is 0 Å². The van der Waals surface area contributed by atoms with Gasteiger partial charge >= 0.3 is 0 Å². The molecule has 20 heavy (non-hydrogen) atoms. The Morgan fingerprint density at radius 3 is 2.75 bits per heavy atom. The standard InChI is InChI=1S/C14H21ClN2O2S/c1-11-5-3-4-8-17(11)20(18,19)13-7-6-12(10-16-2)14(15)9-13/h6-7,9,11,16H,3-5,8,10H2,1-2H3. The molecule has 1 aromatic carbocycles. The van der Waals surface area contributed by atoms with Crippen molar-refractivity contribution >= 4 is 21.6 Å². The van der Waals surface area contributed by atoms with Crippen LogP contribution < -0.4 is 5.32 Å². The van der Waals surface area contributed by atoms with Gasteiger partial charge in [0.2, 0.25) is 10.0 Å². The Morgan fingerprint density at radius 1 is 1.40 bits per heavy atom. The van der Waals surface area contributed by atoms with E-state index in [1.807, 2.05) is 14.0 Å². The minimum absolute atomic E-state index is 0.0597. The summed E-state index contributed by atoms with van der Waals surface area (Å²) in [5, 5.41) is 3.50. The van der Waals surface area contributed by atoms with Crippen molar-refractivity contribution < 1.29 is 8.42 Å². The Kier molecular flexibility index (Phi) is 5.07. The summed E-state index contributed by atoms with van der Waals surface area (Å²) in [4.78, 5) is 0.288. The molecule has 0 aliphatic carbocycles. The molecule has 6 heteroatoms. The summed E-state index contributed by atoms with van der Waals surface area (Å²) in [5.41, 5.74) is 0.903. The van der Waals surface area contributed by atoms with E-state index in [1.54, 1.807) is 22.5 Å². The minimum Gasteiger partial charge on any atom is -0.316 e. The number of rotatable bonds is 4. The zero-order valence-corrected chi connectivity index (χ0v) is 13.5. The van der Waals surface area contributed by atoms with Crippen molar-refractivity contribution in [2.45, 2.75) is 43.7 Å². The average Bonchev–Trinajstić information content (AvgIpc) is 2.41. The number of nitrogens with one attached hydrogen (secondary N) is 1. The quantitative estimate of drug-likeness (QED) is 0.929. The van der Waals surface area contributed by atoms with Crippen molar-refractivity contribution in [3.05, 3.63) is 28.8 Å². The normalized spacial score (nSPS) is 21.1. The minimum atomic E-state index is -3.44. The van der Waals surface area contributed by atoms with Crippen molar-refractivity contribution in [1.82, 2.24) is 9.62 Å². The number of halogens is 1. The van der Waals surface area contributed by atoms with Crippen LogP contribution in [0.1, 0.15) is 31.7 Å². The van der Waals surface area contributed by atoms with Crippen molar-refractivity contribution in [1.29, 1.82) is 0 Å². The molecule has 1 saturated heterocycles. The van der Waals surface area contributed by atoms with Gasteiger partial charge in [0.05, 0.1) is 4.90 Å². The summed E-state index contributed by atoms with van der Waals surface area (Å²) in [6.07, 6.45) is 2.94. The van der Waals surface area contributed by atoms with Crippen molar-refractivity contribution in [3.63, 3.8) is 0 Å². The molecular formula is C14H21ClN2O2S. The SMILES string of the molecule is CNCc1ccc(S(=O)(=O)N2CCCCC2C)cc1Cl. The maximum absolute atomic E-state index is 12.7. The maximum Gasteiger partial charge on any atom is 0.243 e. The Hall–Kier alpha value is -0.620. The molecule has 2 rings (SSSR count). The van der Waals surface area contributed by atoms with Crippen LogP contribution in [0.3, 0.4) is 0 Å². The molecule has 4 nitrogen and oxygen atoms in total. The van der Waals surface area contributed by atoms with Crippen LogP contribution in [0.5, 0.6) is 0 Å². The highest BCUT2D eigenvalue weighted by atomic mass is 35.5. The second kappa shape index (κ2) is 6.43. The smallest absolute Gasteiger partial charge is 0.243 e. The predicted octanol–water partition coefficient (Wildman–Crippen LogP) is 2.62. The topological polar surface area (TPSA) is 49.4 Å². The molecule has 1 N–H and O–H groups in total. The van der Waals surface area contributed by atoms with Crippen molar-refractivity contribution in [2.75, 3.05) is 13.6 Å². The average molecular weight is 317 g/mol. The van der Waals surface area contributed by atoms with Gasteiger partial charge in [-0.1, -0.05) is 24.1 Å². The monoisotopic (exact) mass is 316 g/mol. The largest absolute Gasteiger partial charge is 0.316 e. The molecule has 0 spiro atoms. The summed E-state index contributed by atoms with van der Waals surface area (Å²) in [5.74, 6) is 0. The third-order valence-corrected chi connectivity index (χ3v) is 6.10. The molecule has 0 aromatic heterocycles. The fraction of sp³-hybridized carbons (Fsp3) is 0.571. The third kappa shape index (κ3) is 3.17. The first-order valence-corrected chi connectivity index (χ1v) is 8.73. The lowest BCUT2D eigenvalue weighted by atomic mass is 10.1. The van der Waals surface area contributed by atoms with E-state index in [0.29, 0.717) is 18.1 Å². The Morgan fingerprint density at radius 2 is 2.15 bits per heavy atom. The van der Waals surface area contributed by atoms with Crippen LogP contribution in [0.4, 0.5) is 0 Å². The number of piperidine rings is 1. The molecule has 0 saturated carbocycles. The van der Waals surface area contributed by atoms with Gasteiger partial charge in [0.25, 0.3) is 0 Å². The van der Waals surface area contributed by atoms with Gasteiger partial charge in [0, 0.05) is 24.2 Å². The number of sulfonamides is 1. The van der Waals surface area contributed by atoms with Crippen LogP contribution in [0.2, 0.25) is 5.02 Å². The van der Waals surface area contributed by atoms with Crippen LogP contribution in [-0.2, 0) is 16.6 Å². The third-order valence-electron chi connectivity index (χ3n) is 3.74. The van der Waals surface area contributed by atoms with Gasteiger partial charge in [0.1, 0.15) is 0 Å². The Labute approximate surface area is 126 Å². The zero-order chi connectivity index (χ0) is 14.8. The maximum atomic E-state index is 12.7. The van der Waals surface area contributed by atoms with Gasteiger partial charge < -0.3 is 5.32 Å². The zero-order valence-electron chi connectivity index (χ0n) is 11.9. The summed E-state index contributed by atoms with van der Waals surface area (Å²) < 4.78 is 26.9. The van der Waals surface area contributed by atoms with Crippen LogP contribution in [-0.4, -0.2) is 32.4 Å². The summed E-state index contributed by atoms with van der Waals surface area (Å²) in [7, 11) is -1.61. The molecular weight excluding hydrogens is 296 g/mol. The Balaban J connectivity index is 2.31. The van der Waals surface area contributed by atoms with Gasteiger partial charge in [-0.3, -0.25) is 0 Å².